The number of benzene rings is 1. The van der Waals surface area contributed by atoms with Crippen LogP contribution in [-0.2, 0) is 16.0 Å². The Bertz CT molecular complexity index is 629. The minimum absolute atomic E-state index is 0.0388. The number of nitrogens with one attached hydrogen (secondary N) is 2. The van der Waals surface area contributed by atoms with Gasteiger partial charge in [-0.05, 0) is 55.7 Å². The molecule has 0 aliphatic carbocycles. The molecule has 3 unspecified atom stereocenters. The Morgan fingerprint density at radius 1 is 1.36 bits per heavy atom. The van der Waals surface area contributed by atoms with Gasteiger partial charge in [0.2, 0.25) is 11.8 Å². The molecule has 1 aromatic carbocycles. The lowest BCUT2D eigenvalue weighted by Gasteiger charge is -2.33. The molecule has 2 N–H and O–H groups in total. The number of halogens is 1. The van der Waals surface area contributed by atoms with Crippen molar-refractivity contribution in [2.45, 2.75) is 38.3 Å². The summed E-state index contributed by atoms with van der Waals surface area (Å²) >= 11 is 6.04. The molecule has 5 nitrogen and oxygen atoms in total. The molecule has 2 amide bonds. The van der Waals surface area contributed by atoms with Gasteiger partial charge in [0.15, 0.2) is 0 Å². The van der Waals surface area contributed by atoms with E-state index in [4.69, 9.17) is 11.6 Å². The van der Waals surface area contributed by atoms with Crippen molar-refractivity contribution in [2.75, 3.05) is 20.1 Å². The highest BCUT2D eigenvalue weighted by Gasteiger charge is 2.33. The molecule has 3 rings (SSSR count). The van der Waals surface area contributed by atoms with E-state index in [2.05, 4.69) is 16.7 Å². The molecule has 2 saturated heterocycles. The summed E-state index contributed by atoms with van der Waals surface area (Å²) in [4.78, 5) is 26.2. The van der Waals surface area contributed by atoms with Crippen LogP contribution in [-0.4, -0.2) is 43.0 Å². The van der Waals surface area contributed by atoms with E-state index in [-0.39, 0.29) is 18.0 Å². The van der Waals surface area contributed by atoms with Crippen LogP contribution in [0, 0.1) is 11.8 Å². The minimum atomic E-state index is -0.523. The highest BCUT2D eigenvalue weighted by atomic mass is 35.5. The molecule has 2 aliphatic rings. The molecule has 136 valence electrons. The molecule has 2 fully saturated rings. The van der Waals surface area contributed by atoms with Gasteiger partial charge in [-0.25, -0.2) is 0 Å². The predicted molar refractivity (Wildman–Crippen MR) is 98.2 cm³/mol. The molecule has 1 aromatic rings. The zero-order valence-electron chi connectivity index (χ0n) is 14.6. The van der Waals surface area contributed by atoms with Crippen molar-refractivity contribution in [3.05, 3.63) is 34.9 Å². The van der Waals surface area contributed by atoms with E-state index in [9.17, 15) is 9.59 Å². The van der Waals surface area contributed by atoms with E-state index in [1.165, 1.54) is 5.56 Å². The molecular weight excluding hydrogens is 338 g/mol. The van der Waals surface area contributed by atoms with Gasteiger partial charge in [-0.1, -0.05) is 23.7 Å². The average molecular weight is 364 g/mol. The zero-order chi connectivity index (χ0) is 17.8. The smallest absolute Gasteiger partial charge is 0.234 e. The molecule has 2 heterocycles. The maximum atomic E-state index is 12.4. The van der Waals surface area contributed by atoms with Crippen molar-refractivity contribution in [2.24, 2.45) is 11.8 Å². The van der Waals surface area contributed by atoms with Crippen LogP contribution >= 0.6 is 11.6 Å². The van der Waals surface area contributed by atoms with Crippen molar-refractivity contribution < 1.29 is 9.59 Å². The fraction of sp³-hybridized carbons (Fsp3) is 0.579. The average Bonchev–Trinajstić information content (AvgIpc) is 2.59. The van der Waals surface area contributed by atoms with E-state index >= 15 is 0 Å². The zero-order valence-corrected chi connectivity index (χ0v) is 15.4. The fourth-order valence-corrected chi connectivity index (χ4v) is 3.97. The number of likely N-dealkylation sites (tertiary alicyclic amines) is 1. The third kappa shape index (κ3) is 4.73. The Labute approximate surface area is 154 Å². The highest BCUT2D eigenvalue weighted by molar-refractivity contribution is 6.30. The van der Waals surface area contributed by atoms with Gasteiger partial charge in [-0.3, -0.25) is 14.9 Å². The van der Waals surface area contributed by atoms with Gasteiger partial charge in [0.1, 0.15) is 5.92 Å². The predicted octanol–water partition coefficient (Wildman–Crippen LogP) is 2.19. The summed E-state index contributed by atoms with van der Waals surface area (Å²) in [6, 6.07) is 7.99. The van der Waals surface area contributed by atoms with Crippen LogP contribution in [0.1, 0.15) is 31.2 Å². The first-order valence-corrected chi connectivity index (χ1v) is 9.44. The van der Waals surface area contributed by atoms with Gasteiger partial charge in [-0.2, -0.15) is 0 Å². The van der Waals surface area contributed by atoms with Crippen LogP contribution in [0.5, 0.6) is 0 Å². The topological polar surface area (TPSA) is 61.4 Å². The van der Waals surface area contributed by atoms with E-state index in [1.807, 2.05) is 18.2 Å². The number of nitrogens with zero attached hydrogens (tertiary/aromatic N) is 1. The number of carbonyl (C=O) groups is 2. The first-order chi connectivity index (χ1) is 12.0. The van der Waals surface area contributed by atoms with Gasteiger partial charge < -0.3 is 10.2 Å². The molecule has 0 bridgehead atoms. The third-order valence-corrected chi connectivity index (χ3v) is 5.46. The van der Waals surface area contributed by atoms with E-state index in [0.29, 0.717) is 12.3 Å². The fourth-order valence-electron chi connectivity index (χ4n) is 3.76. The van der Waals surface area contributed by atoms with Crippen LogP contribution in [0.4, 0.5) is 0 Å². The summed E-state index contributed by atoms with van der Waals surface area (Å²) < 4.78 is 0. The molecule has 0 saturated carbocycles. The SMILES string of the molecule is CN1CCCC(C(=O)NC2CCC(Cc3cccc(Cl)c3)CN2)C1=O. The largest absolute Gasteiger partial charge is 0.345 e. The summed E-state index contributed by atoms with van der Waals surface area (Å²) in [6.07, 6.45) is 4.42. The van der Waals surface area contributed by atoms with Crippen LogP contribution in [0.3, 0.4) is 0 Å². The van der Waals surface area contributed by atoms with Gasteiger partial charge >= 0.3 is 0 Å². The second kappa shape index (κ2) is 8.19. The third-order valence-electron chi connectivity index (χ3n) is 5.22. The number of carbonyl (C=O) groups excluding carboxylic acids is 2. The Balaban J connectivity index is 1.46. The molecule has 0 radical (unpaired) electrons. The number of amides is 2. The number of piperidine rings is 2. The summed E-state index contributed by atoms with van der Waals surface area (Å²) in [5.74, 6) is -0.181. The second-order valence-corrected chi connectivity index (χ2v) is 7.64. The maximum absolute atomic E-state index is 12.4. The van der Waals surface area contributed by atoms with Crippen LogP contribution in [0.15, 0.2) is 24.3 Å². The molecule has 3 atom stereocenters. The molecule has 0 spiro atoms. The first kappa shape index (κ1) is 18.2. The number of hydrogen-bond acceptors (Lipinski definition) is 3. The van der Waals surface area contributed by atoms with Crippen LogP contribution in [0.2, 0.25) is 5.02 Å². The molecule has 6 heteroatoms. The summed E-state index contributed by atoms with van der Waals surface area (Å²) in [5.41, 5.74) is 1.25. The Morgan fingerprint density at radius 2 is 2.20 bits per heavy atom. The van der Waals surface area contributed by atoms with Crippen molar-refractivity contribution in [3.8, 4) is 0 Å². The summed E-state index contributed by atoms with van der Waals surface area (Å²) in [5, 5.41) is 7.20. The van der Waals surface area contributed by atoms with E-state index in [0.717, 1.165) is 43.8 Å². The summed E-state index contributed by atoms with van der Waals surface area (Å²) in [6.45, 7) is 1.60. The maximum Gasteiger partial charge on any atom is 0.234 e. The quantitative estimate of drug-likeness (QED) is 0.806. The Kier molecular flexibility index (Phi) is 5.97. The lowest BCUT2D eigenvalue weighted by atomic mass is 9.91. The summed E-state index contributed by atoms with van der Waals surface area (Å²) in [7, 11) is 1.76. The van der Waals surface area contributed by atoms with Crippen LogP contribution < -0.4 is 10.6 Å². The minimum Gasteiger partial charge on any atom is -0.345 e. The van der Waals surface area contributed by atoms with Crippen molar-refractivity contribution in [1.29, 1.82) is 0 Å². The van der Waals surface area contributed by atoms with Gasteiger partial charge in [0.25, 0.3) is 0 Å². The van der Waals surface area contributed by atoms with Crippen molar-refractivity contribution in [3.63, 3.8) is 0 Å². The molecule has 0 aromatic heterocycles. The van der Waals surface area contributed by atoms with Crippen molar-refractivity contribution >= 4 is 23.4 Å². The van der Waals surface area contributed by atoms with Gasteiger partial charge in [0, 0.05) is 25.2 Å². The van der Waals surface area contributed by atoms with Crippen LogP contribution in [0.25, 0.3) is 0 Å². The molecule has 25 heavy (non-hydrogen) atoms. The van der Waals surface area contributed by atoms with Gasteiger partial charge in [-0.15, -0.1) is 0 Å². The first-order valence-electron chi connectivity index (χ1n) is 9.06. The van der Waals surface area contributed by atoms with E-state index < -0.39 is 5.92 Å². The monoisotopic (exact) mass is 363 g/mol. The van der Waals surface area contributed by atoms with Crippen molar-refractivity contribution in [1.82, 2.24) is 15.5 Å². The highest BCUT2D eigenvalue weighted by Crippen LogP contribution is 2.21. The van der Waals surface area contributed by atoms with E-state index in [1.54, 1.807) is 11.9 Å². The second-order valence-electron chi connectivity index (χ2n) is 7.20. The number of hydrogen-bond donors (Lipinski definition) is 2. The Hall–Kier alpha value is -1.59. The number of rotatable bonds is 4. The normalized spacial score (nSPS) is 27.2. The standard InChI is InChI=1S/C19H26ClN3O2/c1-23-9-3-6-16(19(23)25)18(24)22-17-8-7-14(12-21-17)10-13-4-2-5-15(20)11-13/h2,4-5,11,14,16-17,21H,3,6-10,12H2,1H3,(H,22,24). The molecule has 2 aliphatic heterocycles. The van der Waals surface area contributed by atoms with Gasteiger partial charge in [0.05, 0.1) is 6.17 Å². The molecular formula is C19H26ClN3O2. The Morgan fingerprint density at radius 3 is 2.92 bits per heavy atom. The lowest BCUT2D eigenvalue weighted by molar-refractivity contribution is -0.144. The lowest BCUT2D eigenvalue weighted by Crippen LogP contribution is -2.54.